The van der Waals surface area contributed by atoms with Crippen LogP contribution in [0.15, 0.2) is 24.3 Å². The molecule has 144 valence electrons. The van der Waals surface area contributed by atoms with Crippen LogP contribution in [0.2, 0.25) is 0 Å². The molecule has 6 heteroatoms. The maximum atomic E-state index is 12.9. The molecular weight excluding hydrogens is 337 g/mol. The zero-order chi connectivity index (χ0) is 18.4. The molecule has 1 amide bonds. The minimum Gasteiger partial charge on any atom is -0.484 e. The molecule has 0 saturated carbocycles. The number of hydrogen-bond donors (Lipinski definition) is 0. The lowest BCUT2D eigenvalue weighted by Gasteiger charge is -2.46. The number of halogens is 1. The molecule has 2 saturated heterocycles. The number of amides is 1. The smallest absolute Gasteiger partial charge is 0.260 e. The molecule has 0 aromatic heterocycles. The van der Waals surface area contributed by atoms with Gasteiger partial charge in [-0.05, 0) is 62.3 Å². The van der Waals surface area contributed by atoms with Gasteiger partial charge < -0.3 is 19.1 Å². The maximum Gasteiger partial charge on any atom is 0.260 e. The van der Waals surface area contributed by atoms with Crippen molar-refractivity contribution in [3.8, 4) is 5.75 Å². The highest BCUT2D eigenvalue weighted by Crippen LogP contribution is 2.38. The van der Waals surface area contributed by atoms with Gasteiger partial charge in [0.05, 0.1) is 5.60 Å². The summed E-state index contributed by atoms with van der Waals surface area (Å²) in [6.45, 7) is 2.98. The number of nitrogens with zero attached hydrogens (tertiary/aromatic N) is 1. The first-order valence-electron chi connectivity index (χ1n) is 9.39. The number of likely N-dealkylation sites (tertiary alicyclic amines) is 1. The Labute approximate surface area is 154 Å². The SMILES string of the molecule is COCCC1CCOC2(CCN(C(=O)COc3ccc(F)cc3)CC2)C1. The van der Waals surface area contributed by atoms with Gasteiger partial charge in [-0.15, -0.1) is 0 Å². The van der Waals surface area contributed by atoms with Gasteiger partial charge in [-0.3, -0.25) is 4.79 Å². The van der Waals surface area contributed by atoms with Gasteiger partial charge in [0.25, 0.3) is 5.91 Å². The van der Waals surface area contributed by atoms with Crippen molar-refractivity contribution in [3.05, 3.63) is 30.1 Å². The van der Waals surface area contributed by atoms with Crippen LogP contribution in [0.4, 0.5) is 4.39 Å². The fourth-order valence-electron chi connectivity index (χ4n) is 3.94. The summed E-state index contributed by atoms with van der Waals surface area (Å²) in [7, 11) is 1.74. The first kappa shape index (κ1) is 19.1. The zero-order valence-electron chi connectivity index (χ0n) is 15.4. The normalized spacial score (nSPS) is 22.4. The lowest BCUT2D eigenvalue weighted by atomic mass is 9.78. The van der Waals surface area contributed by atoms with Crippen molar-refractivity contribution in [3.63, 3.8) is 0 Å². The zero-order valence-corrected chi connectivity index (χ0v) is 15.4. The average molecular weight is 365 g/mol. The number of ether oxygens (including phenoxy) is 3. The quantitative estimate of drug-likeness (QED) is 0.778. The average Bonchev–Trinajstić information content (AvgIpc) is 2.66. The van der Waals surface area contributed by atoms with Crippen LogP contribution in [0, 0.1) is 11.7 Å². The Balaban J connectivity index is 1.45. The molecule has 1 spiro atoms. The van der Waals surface area contributed by atoms with Gasteiger partial charge in [0.15, 0.2) is 6.61 Å². The van der Waals surface area contributed by atoms with E-state index >= 15 is 0 Å². The molecule has 1 atom stereocenters. The van der Waals surface area contributed by atoms with Crippen molar-refractivity contribution in [2.24, 2.45) is 5.92 Å². The van der Waals surface area contributed by atoms with E-state index in [4.69, 9.17) is 14.2 Å². The fourth-order valence-corrected chi connectivity index (χ4v) is 3.94. The van der Waals surface area contributed by atoms with Gasteiger partial charge >= 0.3 is 0 Å². The molecule has 1 unspecified atom stereocenters. The predicted molar refractivity (Wildman–Crippen MR) is 95.6 cm³/mol. The summed E-state index contributed by atoms with van der Waals surface area (Å²) in [6.07, 6.45) is 4.98. The third-order valence-electron chi connectivity index (χ3n) is 5.53. The van der Waals surface area contributed by atoms with Crippen LogP contribution >= 0.6 is 0 Å². The lowest BCUT2D eigenvalue weighted by molar-refractivity contribution is -0.149. The molecule has 0 aliphatic carbocycles. The Hall–Kier alpha value is -1.66. The second-order valence-corrected chi connectivity index (χ2v) is 7.30. The third kappa shape index (κ3) is 4.95. The molecule has 5 nitrogen and oxygen atoms in total. The first-order valence-corrected chi connectivity index (χ1v) is 9.39. The van der Waals surface area contributed by atoms with Crippen LogP contribution in [-0.4, -0.2) is 56.4 Å². The minimum atomic E-state index is -0.318. The van der Waals surface area contributed by atoms with E-state index in [0.717, 1.165) is 45.3 Å². The molecule has 3 rings (SSSR count). The van der Waals surface area contributed by atoms with Gasteiger partial charge in [-0.1, -0.05) is 0 Å². The lowest BCUT2D eigenvalue weighted by Crippen LogP contribution is -2.51. The Kier molecular flexibility index (Phi) is 6.48. The van der Waals surface area contributed by atoms with E-state index in [2.05, 4.69) is 0 Å². The molecule has 2 aliphatic heterocycles. The molecule has 2 heterocycles. The van der Waals surface area contributed by atoms with Crippen molar-refractivity contribution in [2.45, 2.75) is 37.7 Å². The molecule has 0 bridgehead atoms. The minimum absolute atomic E-state index is 0.0179. The van der Waals surface area contributed by atoms with E-state index in [9.17, 15) is 9.18 Å². The number of carbonyl (C=O) groups is 1. The molecule has 2 aliphatic rings. The van der Waals surface area contributed by atoms with Crippen LogP contribution in [0.5, 0.6) is 5.75 Å². The van der Waals surface area contributed by atoms with Gasteiger partial charge in [-0.2, -0.15) is 0 Å². The van der Waals surface area contributed by atoms with Crippen LogP contribution in [0.3, 0.4) is 0 Å². The second kappa shape index (κ2) is 8.82. The summed E-state index contributed by atoms with van der Waals surface area (Å²) in [5.41, 5.74) is -0.0781. The second-order valence-electron chi connectivity index (χ2n) is 7.30. The number of carbonyl (C=O) groups excluding carboxylic acids is 1. The van der Waals surface area contributed by atoms with E-state index in [1.54, 1.807) is 7.11 Å². The Morgan fingerprint density at radius 1 is 1.31 bits per heavy atom. The molecule has 0 radical (unpaired) electrons. The number of benzene rings is 1. The van der Waals surface area contributed by atoms with Crippen LogP contribution in [-0.2, 0) is 14.3 Å². The molecule has 1 aromatic carbocycles. The van der Waals surface area contributed by atoms with Crippen LogP contribution in [0.25, 0.3) is 0 Å². The third-order valence-corrected chi connectivity index (χ3v) is 5.53. The molecule has 26 heavy (non-hydrogen) atoms. The highest BCUT2D eigenvalue weighted by atomic mass is 19.1. The Bertz CT molecular complexity index is 584. The summed E-state index contributed by atoms with van der Waals surface area (Å²) in [5.74, 6) is 0.801. The van der Waals surface area contributed by atoms with E-state index in [0.29, 0.717) is 24.8 Å². The Morgan fingerprint density at radius 2 is 2.04 bits per heavy atom. The van der Waals surface area contributed by atoms with E-state index in [-0.39, 0.29) is 23.9 Å². The highest BCUT2D eigenvalue weighted by molar-refractivity contribution is 5.77. The summed E-state index contributed by atoms with van der Waals surface area (Å²) < 4.78 is 29.7. The predicted octanol–water partition coefficient (Wildman–Crippen LogP) is 3.03. The van der Waals surface area contributed by atoms with Crippen LogP contribution in [0.1, 0.15) is 32.1 Å². The fraction of sp³-hybridized carbons (Fsp3) is 0.650. The van der Waals surface area contributed by atoms with Gasteiger partial charge in [-0.25, -0.2) is 4.39 Å². The molecule has 2 fully saturated rings. The monoisotopic (exact) mass is 365 g/mol. The van der Waals surface area contributed by atoms with Crippen molar-refractivity contribution >= 4 is 5.91 Å². The standard InChI is InChI=1S/C20H28FNO4/c1-24-12-6-16-7-13-26-20(14-16)8-10-22(11-9-20)19(23)15-25-18-4-2-17(21)3-5-18/h2-5,16H,6-15H2,1H3. The van der Waals surface area contributed by atoms with E-state index in [1.165, 1.54) is 24.3 Å². The number of methoxy groups -OCH3 is 1. The first-order chi connectivity index (χ1) is 12.6. The van der Waals surface area contributed by atoms with Crippen molar-refractivity contribution < 1.29 is 23.4 Å². The number of rotatable bonds is 6. The van der Waals surface area contributed by atoms with Gasteiger partial charge in [0.2, 0.25) is 0 Å². The molecule has 1 aromatic rings. The molecule has 0 N–H and O–H groups in total. The van der Waals surface area contributed by atoms with Crippen molar-refractivity contribution in [1.29, 1.82) is 0 Å². The summed E-state index contributed by atoms with van der Waals surface area (Å²) >= 11 is 0. The summed E-state index contributed by atoms with van der Waals surface area (Å²) in [4.78, 5) is 14.2. The van der Waals surface area contributed by atoms with E-state index < -0.39 is 0 Å². The Morgan fingerprint density at radius 3 is 2.73 bits per heavy atom. The van der Waals surface area contributed by atoms with E-state index in [1.807, 2.05) is 4.90 Å². The molecular formula is C20H28FNO4. The van der Waals surface area contributed by atoms with Crippen LogP contribution < -0.4 is 4.74 Å². The van der Waals surface area contributed by atoms with Crippen molar-refractivity contribution in [2.75, 3.05) is 40.0 Å². The van der Waals surface area contributed by atoms with Crippen molar-refractivity contribution in [1.82, 2.24) is 4.90 Å². The van der Waals surface area contributed by atoms with Gasteiger partial charge in [0.1, 0.15) is 11.6 Å². The summed E-state index contributed by atoms with van der Waals surface area (Å²) in [5, 5.41) is 0. The number of piperidine rings is 1. The number of hydrogen-bond acceptors (Lipinski definition) is 4. The topological polar surface area (TPSA) is 48.0 Å². The largest absolute Gasteiger partial charge is 0.484 e. The van der Waals surface area contributed by atoms with Gasteiger partial charge in [0, 0.05) is 33.4 Å². The summed E-state index contributed by atoms with van der Waals surface area (Å²) in [6, 6.07) is 5.71. The highest BCUT2D eigenvalue weighted by Gasteiger charge is 2.40. The maximum absolute atomic E-state index is 12.9.